The third-order valence-electron chi connectivity index (χ3n) is 4.73. The maximum Gasteiger partial charge on any atom is 0.267 e. The molecule has 1 heterocycles. The van der Waals surface area contributed by atoms with Crippen LogP contribution in [0.5, 0.6) is 0 Å². The van der Waals surface area contributed by atoms with Crippen LogP contribution >= 0.6 is 0 Å². The largest absolute Gasteiger partial charge is 0.394 e. The molecule has 26 heavy (non-hydrogen) atoms. The third kappa shape index (κ3) is 4.79. The molecule has 0 radical (unpaired) electrons. The van der Waals surface area contributed by atoms with Crippen molar-refractivity contribution in [2.45, 2.75) is 51.1 Å². The topological polar surface area (TPSA) is 84.2 Å². The molecule has 6 nitrogen and oxygen atoms in total. The molecule has 1 aliphatic rings. The summed E-state index contributed by atoms with van der Waals surface area (Å²) < 4.78 is 1.23. The minimum atomic E-state index is -0.388. The van der Waals surface area contributed by atoms with Gasteiger partial charge < -0.3 is 10.4 Å². The van der Waals surface area contributed by atoms with Crippen molar-refractivity contribution in [3.8, 4) is 0 Å². The van der Waals surface area contributed by atoms with Gasteiger partial charge in [-0.25, -0.2) is 4.68 Å². The molecule has 1 aromatic heterocycles. The monoisotopic (exact) mass is 355 g/mol. The lowest BCUT2D eigenvalue weighted by atomic mass is 10.1. The minimum absolute atomic E-state index is 0.128. The van der Waals surface area contributed by atoms with Crippen LogP contribution in [0.1, 0.15) is 36.1 Å². The van der Waals surface area contributed by atoms with Crippen LogP contribution in [0.4, 0.5) is 0 Å². The van der Waals surface area contributed by atoms with Gasteiger partial charge >= 0.3 is 0 Å². The van der Waals surface area contributed by atoms with Crippen LogP contribution in [0.25, 0.3) is 0 Å². The van der Waals surface area contributed by atoms with Crippen LogP contribution in [-0.4, -0.2) is 33.4 Å². The standard InChI is InChI=1S/C20H25N3O3/c24-14-17(11-15-7-3-1-4-8-15)21-19(25)13-23-20(26)12-16-9-5-2-6-10-18(16)22-23/h1,3-4,7-8,12,17,24H,2,5-6,9-11,13-14H2,(H,21,25)/t17-/m0/s1. The molecule has 0 unspecified atom stereocenters. The number of nitrogens with one attached hydrogen (secondary N) is 1. The Morgan fingerprint density at radius 1 is 1.19 bits per heavy atom. The van der Waals surface area contributed by atoms with E-state index in [-0.39, 0.29) is 30.7 Å². The smallest absolute Gasteiger partial charge is 0.267 e. The number of carbonyl (C=O) groups is 1. The number of hydrogen-bond donors (Lipinski definition) is 2. The highest BCUT2D eigenvalue weighted by atomic mass is 16.3. The molecule has 2 N–H and O–H groups in total. The molecule has 1 aromatic carbocycles. The van der Waals surface area contributed by atoms with Crippen LogP contribution in [0.3, 0.4) is 0 Å². The number of fused-ring (bicyclic) bond motifs is 1. The van der Waals surface area contributed by atoms with E-state index in [1.807, 2.05) is 30.3 Å². The van der Waals surface area contributed by atoms with Gasteiger partial charge in [-0.2, -0.15) is 5.10 Å². The molecule has 1 atom stereocenters. The Morgan fingerprint density at radius 2 is 1.96 bits per heavy atom. The summed E-state index contributed by atoms with van der Waals surface area (Å²) in [5.41, 5.74) is 2.73. The molecule has 0 saturated carbocycles. The predicted octanol–water partition coefficient (Wildman–Crippen LogP) is 1.23. The lowest BCUT2D eigenvalue weighted by Crippen LogP contribution is -2.42. The van der Waals surface area contributed by atoms with Gasteiger partial charge in [0.2, 0.25) is 5.91 Å². The van der Waals surface area contributed by atoms with E-state index in [9.17, 15) is 14.7 Å². The summed E-state index contributed by atoms with van der Waals surface area (Å²) in [5, 5.41) is 16.8. The zero-order valence-corrected chi connectivity index (χ0v) is 14.9. The average molecular weight is 355 g/mol. The van der Waals surface area contributed by atoms with Gasteiger partial charge in [-0.3, -0.25) is 9.59 Å². The maximum atomic E-state index is 12.3. The SMILES string of the molecule is O=C(Cn1nc2c(cc1=O)CCCCC2)N[C@H](CO)Cc1ccccc1. The number of rotatable bonds is 6. The zero-order valence-electron chi connectivity index (χ0n) is 14.9. The summed E-state index contributed by atoms with van der Waals surface area (Å²) in [7, 11) is 0. The quantitative estimate of drug-likeness (QED) is 0.764. The molecule has 2 aromatic rings. The first kappa shape index (κ1) is 18.3. The van der Waals surface area contributed by atoms with E-state index >= 15 is 0 Å². The Kier molecular flexibility index (Phi) is 6.17. The van der Waals surface area contributed by atoms with Crippen molar-refractivity contribution in [2.75, 3.05) is 6.61 Å². The lowest BCUT2D eigenvalue weighted by molar-refractivity contribution is -0.122. The summed E-state index contributed by atoms with van der Waals surface area (Å²) in [6.45, 7) is -0.287. The number of aryl methyl sites for hydroxylation is 2. The fraction of sp³-hybridized carbons (Fsp3) is 0.450. The second kappa shape index (κ2) is 8.76. The van der Waals surface area contributed by atoms with Crippen LogP contribution in [0.2, 0.25) is 0 Å². The van der Waals surface area contributed by atoms with Gasteiger partial charge in [0, 0.05) is 6.07 Å². The number of nitrogens with zero attached hydrogens (tertiary/aromatic N) is 2. The first-order chi connectivity index (χ1) is 12.7. The second-order valence-electron chi connectivity index (χ2n) is 6.81. The van der Waals surface area contributed by atoms with E-state index < -0.39 is 0 Å². The highest BCUT2D eigenvalue weighted by molar-refractivity contribution is 5.76. The van der Waals surface area contributed by atoms with E-state index in [0.717, 1.165) is 48.9 Å². The van der Waals surface area contributed by atoms with Crippen LogP contribution < -0.4 is 10.9 Å². The number of amides is 1. The van der Waals surface area contributed by atoms with Gasteiger partial charge in [0.15, 0.2) is 0 Å². The van der Waals surface area contributed by atoms with E-state index in [0.29, 0.717) is 6.42 Å². The molecule has 0 spiro atoms. The van der Waals surface area contributed by atoms with Gasteiger partial charge in [0.05, 0.1) is 18.3 Å². The summed E-state index contributed by atoms with van der Waals surface area (Å²) in [6, 6.07) is 10.9. The van der Waals surface area contributed by atoms with Gasteiger partial charge in [-0.15, -0.1) is 0 Å². The molecule has 6 heteroatoms. The number of carbonyl (C=O) groups excluding carboxylic acids is 1. The number of aliphatic hydroxyl groups is 1. The summed E-state index contributed by atoms with van der Waals surface area (Å²) in [5.74, 6) is -0.317. The first-order valence-corrected chi connectivity index (χ1v) is 9.20. The molecule has 0 fully saturated rings. The fourth-order valence-corrected chi connectivity index (χ4v) is 3.36. The van der Waals surface area contributed by atoms with Crippen molar-refractivity contribution in [1.82, 2.24) is 15.1 Å². The van der Waals surface area contributed by atoms with Gasteiger partial charge in [-0.05, 0) is 43.2 Å². The highest BCUT2D eigenvalue weighted by Crippen LogP contribution is 2.16. The van der Waals surface area contributed by atoms with E-state index in [2.05, 4.69) is 10.4 Å². The Bertz CT molecular complexity index is 802. The van der Waals surface area contributed by atoms with Crippen LogP contribution in [0.15, 0.2) is 41.2 Å². The van der Waals surface area contributed by atoms with Gasteiger partial charge in [0.1, 0.15) is 6.54 Å². The Labute approximate surface area is 152 Å². The van der Waals surface area contributed by atoms with Crippen molar-refractivity contribution < 1.29 is 9.90 Å². The maximum absolute atomic E-state index is 12.3. The molecule has 1 aliphatic carbocycles. The van der Waals surface area contributed by atoms with Crippen LogP contribution in [-0.2, 0) is 30.6 Å². The molecule has 138 valence electrons. The van der Waals surface area contributed by atoms with Crippen molar-refractivity contribution in [2.24, 2.45) is 0 Å². The Balaban J connectivity index is 1.65. The first-order valence-electron chi connectivity index (χ1n) is 9.20. The second-order valence-corrected chi connectivity index (χ2v) is 6.81. The lowest BCUT2D eigenvalue weighted by Gasteiger charge is -2.17. The number of benzene rings is 1. The number of hydrogen-bond acceptors (Lipinski definition) is 4. The Morgan fingerprint density at radius 3 is 2.73 bits per heavy atom. The van der Waals surface area contributed by atoms with Gasteiger partial charge in [-0.1, -0.05) is 36.8 Å². The van der Waals surface area contributed by atoms with Crippen molar-refractivity contribution in [3.05, 3.63) is 63.6 Å². The summed E-state index contributed by atoms with van der Waals surface area (Å²) in [6.07, 6.45) is 5.56. The summed E-state index contributed by atoms with van der Waals surface area (Å²) in [4.78, 5) is 24.6. The molecule has 0 saturated heterocycles. The van der Waals surface area contributed by atoms with Crippen molar-refractivity contribution in [1.29, 1.82) is 0 Å². The third-order valence-corrected chi connectivity index (χ3v) is 4.73. The summed E-state index contributed by atoms with van der Waals surface area (Å²) >= 11 is 0. The highest BCUT2D eigenvalue weighted by Gasteiger charge is 2.16. The molecule has 0 aliphatic heterocycles. The van der Waals surface area contributed by atoms with Crippen molar-refractivity contribution in [3.63, 3.8) is 0 Å². The van der Waals surface area contributed by atoms with E-state index in [1.165, 1.54) is 4.68 Å². The minimum Gasteiger partial charge on any atom is -0.394 e. The normalized spacial score (nSPS) is 15.0. The number of aliphatic hydroxyl groups excluding tert-OH is 1. The molecule has 0 bridgehead atoms. The van der Waals surface area contributed by atoms with E-state index in [1.54, 1.807) is 6.07 Å². The molecular weight excluding hydrogens is 330 g/mol. The van der Waals surface area contributed by atoms with Gasteiger partial charge in [0.25, 0.3) is 5.56 Å². The predicted molar refractivity (Wildman–Crippen MR) is 98.9 cm³/mol. The molecular formula is C20H25N3O3. The van der Waals surface area contributed by atoms with Crippen molar-refractivity contribution >= 4 is 5.91 Å². The van der Waals surface area contributed by atoms with Crippen LogP contribution in [0, 0.1) is 0 Å². The molecule has 3 rings (SSSR count). The fourth-order valence-electron chi connectivity index (χ4n) is 3.36. The average Bonchev–Trinajstić information content (AvgIpc) is 2.87. The zero-order chi connectivity index (χ0) is 18.4. The Hall–Kier alpha value is -2.47. The van der Waals surface area contributed by atoms with E-state index in [4.69, 9.17) is 0 Å². The molecule has 1 amide bonds. The number of aromatic nitrogens is 2.